The second-order valence-corrected chi connectivity index (χ2v) is 4.56. The van der Waals surface area contributed by atoms with Crippen molar-refractivity contribution < 1.29 is 4.79 Å². The maximum absolute atomic E-state index is 11.6. The van der Waals surface area contributed by atoms with Gasteiger partial charge in [-0.15, -0.1) is 24.8 Å². The second-order valence-electron chi connectivity index (χ2n) is 4.56. The molecule has 0 saturated heterocycles. The number of halogens is 2. The van der Waals surface area contributed by atoms with Gasteiger partial charge in [0.1, 0.15) is 5.65 Å². The largest absolute Gasteiger partial charge is 0.350 e. The predicted octanol–water partition coefficient (Wildman–Crippen LogP) is 1.70. The molecule has 1 unspecified atom stereocenters. The lowest BCUT2D eigenvalue weighted by Gasteiger charge is -2.07. The number of amides is 1. The Morgan fingerprint density at radius 2 is 2.20 bits per heavy atom. The molecule has 7 heteroatoms. The van der Waals surface area contributed by atoms with Gasteiger partial charge < -0.3 is 15.5 Å². The van der Waals surface area contributed by atoms with Crippen molar-refractivity contribution in [2.75, 3.05) is 6.54 Å². The third-order valence-electron chi connectivity index (χ3n) is 2.91. The third kappa shape index (κ3) is 4.37. The molecule has 0 bridgehead atoms. The molecule has 0 spiro atoms. The molecule has 1 atom stereocenters. The normalized spacial score (nSPS) is 11.3. The van der Waals surface area contributed by atoms with Crippen LogP contribution in [0, 0.1) is 12.8 Å². The number of hydrogen-bond acceptors (Lipinski definition) is 3. The number of pyridine rings is 1. The van der Waals surface area contributed by atoms with Crippen LogP contribution in [0.3, 0.4) is 0 Å². The summed E-state index contributed by atoms with van der Waals surface area (Å²) < 4.78 is 1.95. The van der Waals surface area contributed by atoms with Crippen LogP contribution in [0.4, 0.5) is 0 Å². The molecule has 0 radical (unpaired) electrons. The molecule has 2 rings (SSSR count). The molecule has 2 aromatic heterocycles. The molecule has 0 saturated carbocycles. The van der Waals surface area contributed by atoms with Crippen molar-refractivity contribution in [2.24, 2.45) is 11.7 Å². The van der Waals surface area contributed by atoms with Crippen LogP contribution in [0.2, 0.25) is 0 Å². The van der Waals surface area contributed by atoms with Gasteiger partial charge in [-0.1, -0.05) is 6.92 Å². The number of hydrogen-bond donors (Lipinski definition) is 2. The lowest BCUT2D eigenvalue weighted by molar-refractivity contribution is -0.124. The number of imidazole rings is 1. The van der Waals surface area contributed by atoms with E-state index < -0.39 is 0 Å². The Hall–Kier alpha value is -1.30. The summed E-state index contributed by atoms with van der Waals surface area (Å²) in [5.41, 5.74) is 8.35. The van der Waals surface area contributed by atoms with Crippen LogP contribution in [0.15, 0.2) is 24.5 Å². The van der Waals surface area contributed by atoms with Gasteiger partial charge in [0.05, 0.1) is 12.2 Å². The van der Waals surface area contributed by atoms with Crippen molar-refractivity contribution in [1.29, 1.82) is 0 Å². The summed E-state index contributed by atoms with van der Waals surface area (Å²) in [5, 5.41) is 2.83. The molecule has 5 nitrogen and oxygen atoms in total. The van der Waals surface area contributed by atoms with E-state index in [1.54, 1.807) is 0 Å². The molecule has 0 aliphatic carbocycles. The smallest absolute Gasteiger partial charge is 0.224 e. The van der Waals surface area contributed by atoms with Crippen LogP contribution in [0.25, 0.3) is 5.65 Å². The van der Waals surface area contributed by atoms with Crippen molar-refractivity contribution in [3.63, 3.8) is 0 Å². The Bertz CT molecular complexity index is 570. The standard InChI is InChI=1S/C13H18N4O.2ClH/c1-9-3-4-17-8-11(16-12(17)5-9)7-15-13(18)10(2)6-14;;/h3-5,8,10H,6-7,14H2,1-2H3,(H,15,18);2*1H. The number of rotatable bonds is 4. The monoisotopic (exact) mass is 318 g/mol. The van der Waals surface area contributed by atoms with Gasteiger partial charge in [0.15, 0.2) is 0 Å². The van der Waals surface area contributed by atoms with Crippen molar-refractivity contribution in [1.82, 2.24) is 14.7 Å². The fraction of sp³-hybridized carbons (Fsp3) is 0.385. The van der Waals surface area contributed by atoms with Crippen molar-refractivity contribution >= 4 is 36.4 Å². The van der Waals surface area contributed by atoms with Gasteiger partial charge in [0.2, 0.25) is 5.91 Å². The molecule has 112 valence electrons. The van der Waals surface area contributed by atoms with E-state index in [1.807, 2.05) is 42.8 Å². The minimum Gasteiger partial charge on any atom is -0.350 e. The van der Waals surface area contributed by atoms with Crippen LogP contribution in [0.5, 0.6) is 0 Å². The minimum absolute atomic E-state index is 0. The van der Waals surface area contributed by atoms with Crippen LogP contribution in [-0.2, 0) is 11.3 Å². The van der Waals surface area contributed by atoms with Gasteiger partial charge in [-0.25, -0.2) is 4.98 Å². The van der Waals surface area contributed by atoms with E-state index in [9.17, 15) is 4.79 Å². The first-order valence-corrected chi connectivity index (χ1v) is 6.02. The molecule has 0 aliphatic heterocycles. The summed E-state index contributed by atoms with van der Waals surface area (Å²) in [7, 11) is 0. The Morgan fingerprint density at radius 3 is 2.85 bits per heavy atom. The first-order valence-electron chi connectivity index (χ1n) is 6.02. The zero-order valence-electron chi connectivity index (χ0n) is 11.5. The molecular weight excluding hydrogens is 299 g/mol. The fourth-order valence-corrected chi connectivity index (χ4v) is 1.68. The highest BCUT2D eigenvalue weighted by Crippen LogP contribution is 2.07. The second kappa shape index (κ2) is 8.09. The number of carbonyl (C=O) groups is 1. The number of carbonyl (C=O) groups excluding carboxylic acids is 1. The average molecular weight is 319 g/mol. The van der Waals surface area contributed by atoms with Gasteiger partial charge >= 0.3 is 0 Å². The van der Waals surface area contributed by atoms with Gasteiger partial charge in [-0.3, -0.25) is 4.79 Å². The number of aromatic nitrogens is 2. The van der Waals surface area contributed by atoms with Gasteiger partial charge in [-0.05, 0) is 24.6 Å². The van der Waals surface area contributed by atoms with Gasteiger partial charge in [0.25, 0.3) is 0 Å². The van der Waals surface area contributed by atoms with Crippen LogP contribution in [0.1, 0.15) is 18.2 Å². The quantitative estimate of drug-likeness (QED) is 0.901. The molecule has 0 aromatic carbocycles. The first-order chi connectivity index (χ1) is 8.60. The van der Waals surface area contributed by atoms with E-state index in [1.165, 1.54) is 5.56 Å². The Labute approximate surface area is 130 Å². The molecule has 0 aliphatic rings. The maximum atomic E-state index is 11.6. The highest BCUT2D eigenvalue weighted by molar-refractivity contribution is 5.85. The molecule has 0 fully saturated rings. The topological polar surface area (TPSA) is 72.4 Å². The zero-order valence-corrected chi connectivity index (χ0v) is 13.1. The SMILES string of the molecule is Cc1ccn2cc(CNC(=O)C(C)CN)nc2c1.Cl.Cl. The first kappa shape index (κ1) is 18.7. The van der Waals surface area contributed by atoms with Crippen LogP contribution < -0.4 is 11.1 Å². The Morgan fingerprint density at radius 1 is 1.50 bits per heavy atom. The van der Waals surface area contributed by atoms with Crippen LogP contribution in [-0.4, -0.2) is 21.8 Å². The Balaban J connectivity index is 0.00000180. The zero-order chi connectivity index (χ0) is 13.1. The van der Waals surface area contributed by atoms with E-state index in [4.69, 9.17) is 5.73 Å². The third-order valence-corrected chi connectivity index (χ3v) is 2.91. The summed E-state index contributed by atoms with van der Waals surface area (Å²) in [4.78, 5) is 16.0. The maximum Gasteiger partial charge on any atom is 0.224 e. The summed E-state index contributed by atoms with van der Waals surface area (Å²) in [6, 6.07) is 4.03. The van der Waals surface area contributed by atoms with E-state index in [2.05, 4.69) is 10.3 Å². The molecular formula is C13H20Cl2N4O. The summed E-state index contributed by atoms with van der Waals surface area (Å²) >= 11 is 0. The number of aryl methyl sites for hydroxylation is 1. The summed E-state index contributed by atoms with van der Waals surface area (Å²) in [5.74, 6) is -0.199. The van der Waals surface area contributed by atoms with Crippen molar-refractivity contribution in [2.45, 2.75) is 20.4 Å². The van der Waals surface area contributed by atoms with Crippen LogP contribution >= 0.6 is 24.8 Å². The number of nitrogens with one attached hydrogen (secondary N) is 1. The summed E-state index contributed by atoms with van der Waals surface area (Å²) in [6.07, 6.45) is 3.88. The van der Waals surface area contributed by atoms with E-state index >= 15 is 0 Å². The van der Waals surface area contributed by atoms with Gasteiger partial charge in [0, 0.05) is 24.9 Å². The number of nitrogens with two attached hydrogens (primary N) is 1. The molecule has 3 N–H and O–H groups in total. The van der Waals surface area contributed by atoms with Crippen molar-refractivity contribution in [3.05, 3.63) is 35.8 Å². The average Bonchev–Trinajstić information content (AvgIpc) is 2.76. The highest BCUT2D eigenvalue weighted by Gasteiger charge is 2.10. The number of fused-ring (bicyclic) bond motifs is 1. The lowest BCUT2D eigenvalue weighted by atomic mass is 10.2. The fourth-order valence-electron chi connectivity index (χ4n) is 1.68. The molecule has 2 heterocycles. The Kier molecular flexibility index (Phi) is 7.57. The predicted molar refractivity (Wildman–Crippen MR) is 84.5 cm³/mol. The number of nitrogens with zero attached hydrogens (tertiary/aromatic N) is 2. The minimum atomic E-state index is -0.163. The van der Waals surface area contributed by atoms with Crippen molar-refractivity contribution in [3.8, 4) is 0 Å². The summed E-state index contributed by atoms with van der Waals surface area (Å²) in [6.45, 7) is 4.63. The van der Waals surface area contributed by atoms with E-state index in [-0.39, 0.29) is 36.6 Å². The molecule has 2 aromatic rings. The van der Waals surface area contributed by atoms with E-state index in [0.717, 1.165) is 11.3 Å². The van der Waals surface area contributed by atoms with Gasteiger partial charge in [-0.2, -0.15) is 0 Å². The highest BCUT2D eigenvalue weighted by atomic mass is 35.5. The molecule has 1 amide bonds. The molecule has 20 heavy (non-hydrogen) atoms. The van der Waals surface area contributed by atoms with E-state index in [0.29, 0.717) is 13.1 Å². The lowest BCUT2D eigenvalue weighted by Crippen LogP contribution is -2.32.